The number of halogens is 2. The Balaban J connectivity index is 2.93. The number of hydrogen-bond acceptors (Lipinski definition) is 1. The van der Waals surface area contributed by atoms with Crippen molar-refractivity contribution in [3.05, 3.63) is 28.5 Å². The standard InChI is InChI=1S/C8H7BrFNO/c1-5(12)11-8-3-6(9)2-7(10)4-8/h2-4H,1H3,(H,11,12). The molecule has 0 spiro atoms. The van der Waals surface area contributed by atoms with Crippen LogP contribution in [0.4, 0.5) is 10.1 Å². The molecule has 0 aliphatic carbocycles. The number of carbonyl (C=O) groups excluding carboxylic acids is 1. The van der Waals surface area contributed by atoms with Gasteiger partial charge in [0, 0.05) is 17.1 Å². The molecule has 0 aliphatic heterocycles. The fourth-order valence-electron chi connectivity index (χ4n) is 0.829. The van der Waals surface area contributed by atoms with E-state index in [1.807, 2.05) is 0 Å². The molecular formula is C8H7BrFNO. The minimum atomic E-state index is -0.381. The highest BCUT2D eigenvalue weighted by Gasteiger charge is 1.99. The molecule has 4 heteroatoms. The Labute approximate surface area is 77.9 Å². The van der Waals surface area contributed by atoms with E-state index in [4.69, 9.17) is 0 Å². The Kier molecular flexibility index (Phi) is 2.81. The van der Waals surface area contributed by atoms with Crippen LogP contribution >= 0.6 is 15.9 Å². The molecule has 0 atom stereocenters. The van der Waals surface area contributed by atoms with Gasteiger partial charge in [-0.15, -0.1) is 0 Å². The Hall–Kier alpha value is -0.900. The molecule has 0 aliphatic rings. The first-order chi connectivity index (χ1) is 5.58. The summed E-state index contributed by atoms with van der Waals surface area (Å²) in [5, 5.41) is 2.48. The van der Waals surface area contributed by atoms with Crippen molar-refractivity contribution in [3.63, 3.8) is 0 Å². The lowest BCUT2D eigenvalue weighted by molar-refractivity contribution is -0.114. The van der Waals surface area contributed by atoms with E-state index in [1.54, 1.807) is 6.07 Å². The number of hydrogen-bond donors (Lipinski definition) is 1. The third-order valence-corrected chi connectivity index (χ3v) is 1.64. The summed E-state index contributed by atoms with van der Waals surface area (Å²) in [4.78, 5) is 10.6. The van der Waals surface area contributed by atoms with Gasteiger partial charge in [0.2, 0.25) is 5.91 Å². The maximum absolute atomic E-state index is 12.7. The van der Waals surface area contributed by atoms with Gasteiger partial charge in [0.05, 0.1) is 0 Å². The maximum Gasteiger partial charge on any atom is 0.221 e. The zero-order chi connectivity index (χ0) is 9.14. The van der Waals surface area contributed by atoms with Crippen molar-refractivity contribution >= 4 is 27.5 Å². The third-order valence-electron chi connectivity index (χ3n) is 1.18. The molecule has 1 N–H and O–H groups in total. The molecule has 1 amide bonds. The van der Waals surface area contributed by atoms with E-state index in [2.05, 4.69) is 21.2 Å². The Morgan fingerprint density at radius 1 is 1.50 bits per heavy atom. The lowest BCUT2D eigenvalue weighted by atomic mass is 10.3. The van der Waals surface area contributed by atoms with Crippen LogP contribution in [0.15, 0.2) is 22.7 Å². The average molecular weight is 232 g/mol. The van der Waals surface area contributed by atoms with E-state index >= 15 is 0 Å². The van der Waals surface area contributed by atoms with Gasteiger partial charge in [-0.1, -0.05) is 15.9 Å². The monoisotopic (exact) mass is 231 g/mol. The lowest BCUT2D eigenvalue weighted by Gasteiger charge is -2.01. The van der Waals surface area contributed by atoms with Crippen molar-refractivity contribution in [1.29, 1.82) is 0 Å². The zero-order valence-corrected chi connectivity index (χ0v) is 7.98. The fourth-order valence-corrected chi connectivity index (χ4v) is 1.29. The summed E-state index contributed by atoms with van der Waals surface area (Å²) in [7, 11) is 0. The second kappa shape index (κ2) is 3.67. The van der Waals surface area contributed by atoms with Gasteiger partial charge < -0.3 is 5.32 Å². The van der Waals surface area contributed by atoms with Crippen LogP contribution in [0.3, 0.4) is 0 Å². The molecule has 1 aromatic rings. The van der Waals surface area contributed by atoms with Gasteiger partial charge in [-0.05, 0) is 18.2 Å². The predicted octanol–water partition coefficient (Wildman–Crippen LogP) is 2.55. The SMILES string of the molecule is CC(=O)Nc1cc(F)cc(Br)c1. The largest absolute Gasteiger partial charge is 0.326 e. The summed E-state index contributed by atoms with van der Waals surface area (Å²) in [6.07, 6.45) is 0. The molecule has 0 unspecified atom stereocenters. The van der Waals surface area contributed by atoms with E-state index in [9.17, 15) is 9.18 Å². The first kappa shape index (κ1) is 9.19. The molecule has 0 bridgehead atoms. The van der Waals surface area contributed by atoms with Gasteiger partial charge in [-0.3, -0.25) is 4.79 Å². The van der Waals surface area contributed by atoms with Crippen molar-refractivity contribution in [1.82, 2.24) is 0 Å². The van der Waals surface area contributed by atoms with E-state index in [-0.39, 0.29) is 11.7 Å². The van der Waals surface area contributed by atoms with Crippen LogP contribution in [0.2, 0.25) is 0 Å². The highest BCUT2D eigenvalue weighted by molar-refractivity contribution is 9.10. The van der Waals surface area contributed by atoms with Crippen LogP contribution in [0, 0.1) is 5.82 Å². The number of nitrogens with one attached hydrogen (secondary N) is 1. The smallest absolute Gasteiger partial charge is 0.221 e. The molecule has 1 rings (SSSR count). The van der Waals surface area contributed by atoms with Gasteiger partial charge in [0.1, 0.15) is 5.82 Å². The van der Waals surface area contributed by atoms with Gasteiger partial charge in [0.25, 0.3) is 0 Å². The number of rotatable bonds is 1. The number of anilines is 1. The van der Waals surface area contributed by atoms with Crippen LogP contribution in [-0.4, -0.2) is 5.91 Å². The first-order valence-corrected chi connectivity index (χ1v) is 4.11. The molecule has 0 saturated carbocycles. The maximum atomic E-state index is 12.7. The molecule has 0 aromatic heterocycles. The second-order valence-corrected chi connectivity index (χ2v) is 3.25. The fraction of sp³-hybridized carbons (Fsp3) is 0.125. The van der Waals surface area contributed by atoms with Gasteiger partial charge in [0.15, 0.2) is 0 Å². The van der Waals surface area contributed by atoms with E-state index in [0.29, 0.717) is 10.2 Å². The minimum absolute atomic E-state index is 0.215. The lowest BCUT2D eigenvalue weighted by Crippen LogP contribution is -2.05. The molecule has 0 heterocycles. The van der Waals surface area contributed by atoms with Crippen molar-refractivity contribution in [2.45, 2.75) is 6.92 Å². The Morgan fingerprint density at radius 2 is 2.17 bits per heavy atom. The first-order valence-electron chi connectivity index (χ1n) is 3.31. The predicted molar refractivity (Wildman–Crippen MR) is 48.4 cm³/mol. The summed E-state index contributed by atoms with van der Waals surface area (Å²) in [6.45, 7) is 1.37. The van der Waals surface area contributed by atoms with E-state index in [0.717, 1.165) is 0 Å². The van der Waals surface area contributed by atoms with E-state index in [1.165, 1.54) is 19.1 Å². The number of carbonyl (C=O) groups is 1. The van der Waals surface area contributed by atoms with E-state index < -0.39 is 0 Å². The topological polar surface area (TPSA) is 29.1 Å². The highest BCUT2D eigenvalue weighted by atomic mass is 79.9. The highest BCUT2D eigenvalue weighted by Crippen LogP contribution is 2.18. The molecular weight excluding hydrogens is 225 g/mol. The average Bonchev–Trinajstić information content (AvgIpc) is 1.81. The number of amides is 1. The summed E-state index contributed by atoms with van der Waals surface area (Å²) in [5.74, 6) is -0.597. The summed E-state index contributed by atoms with van der Waals surface area (Å²) in [5.41, 5.74) is 0.453. The molecule has 0 saturated heterocycles. The second-order valence-electron chi connectivity index (χ2n) is 2.34. The molecule has 1 aromatic carbocycles. The molecule has 12 heavy (non-hydrogen) atoms. The summed E-state index contributed by atoms with van der Waals surface area (Å²) < 4.78 is 13.3. The van der Waals surface area contributed by atoms with Gasteiger partial charge in [-0.25, -0.2) is 4.39 Å². The third kappa shape index (κ3) is 2.62. The van der Waals surface area contributed by atoms with Crippen LogP contribution in [0.25, 0.3) is 0 Å². The van der Waals surface area contributed by atoms with Gasteiger partial charge >= 0.3 is 0 Å². The molecule has 0 fully saturated rings. The van der Waals surface area contributed by atoms with Crippen LogP contribution in [0.5, 0.6) is 0 Å². The zero-order valence-electron chi connectivity index (χ0n) is 6.40. The molecule has 2 nitrogen and oxygen atoms in total. The van der Waals surface area contributed by atoms with Crippen molar-refractivity contribution in [2.75, 3.05) is 5.32 Å². The molecule has 64 valence electrons. The molecule has 0 radical (unpaired) electrons. The van der Waals surface area contributed by atoms with Crippen molar-refractivity contribution in [3.8, 4) is 0 Å². The quantitative estimate of drug-likeness (QED) is 0.791. The van der Waals surface area contributed by atoms with Crippen LogP contribution in [-0.2, 0) is 4.79 Å². The van der Waals surface area contributed by atoms with Crippen LogP contribution in [0.1, 0.15) is 6.92 Å². The minimum Gasteiger partial charge on any atom is -0.326 e. The Morgan fingerprint density at radius 3 is 2.67 bits per heavy atom. The van der Waals surface area contributed by atoms with Crippen LogP contribution < -0.4 is 5.32 Å². The Bertz CT molecular complexity index is 294. The van der Waals surface area contributed by atoms with Gasteiger partial charge in [-0.2, -0.15) is 0 Å². The van der Waals surface area contributed by atoms with Crippen molar-refractivity contribution in [2.24, 2.45) is 0 Å². The summed E-state index contributed by atoms with van der Waals surface area (Å²) in [6, 6.07) is 4.21. The van der Waals surface area contributed by atoms with Crippen molar-refractivity contribution < 1.29 is 9.18 Å². The summed E-state index contributed by atoms with van der Waals surface area (Å²) >= 11 is 3.11. The number of benzene rings is 1. The normalized spacial score (nSPS) is 9.58.